The summed E-state index contributed by atoms with van der Waals surface area (Å²) >= 11 is 0. The standard InChI is InChI=1S/C27H36N6O2/c1-18-5-7-19(8-6-18)17-33-13-11-22(12-14-33)34-23-4-2-3-20(15-23)26-24-16-21(27(30-28)31-29)9-10-25(24)32-35-26/h2-4,9-10,15-16,18-19,22H,5-8,11-14,17,28-29H2,1H3,(H,30,31). The lowest BCUT2D eigenvalue weighted by Crippen LogP contribution is -2.41. The second-order valence-corrected chi connectivity index (χ2v) is 10.1. The molecule has 0 bridgehead atoms. The quantitative estimate of drug-likeness (QED) is 0.211. The molecular formula is C27H36N6O2. The van der Waals surface area contributed by atoms with E-state index in [0.29, 0.717) is 11.6 Å². The molecule has 2 heterocycles. The van der Waals surface area contributed by atoms with Crippen molar-refractivity contribution in [2.24, 2.45) is 28.6 Å². The molecule has 0 atom stereocenters. The van der Waals surface area contributed by atoms with Crippen LogP contribution in [-0.2, 0) is 0 Å². The molecule has 2 aliphatic rings. The lowest BCUT2D eigenvalue weighted by molar-refractivity contribution is 0.0840. The molecule has 8 nitrogen and oxygen atoms in total. The Bertz CT molecular complexity index is 1160. The number of benzene rings is 2. The summed E-state index contributed by atoms with van der Waals surface area (Å²) in [6.45, 7) is 5.88. The molecule has 2 aromatic carbocycles. The van der Waals surface area contributed by atoms with Crippen LogP contribution in [0.5, 0.6) is 5.75 Å². The summed E-state index contributed by atoms with van der Waals surface area (Å²) < 4.78 is 12.1. The fourth-order valence-corrected chi connectivity index (χ4v) is 5.48. The number of nitrogens with zero attached hydrogens (tertiary/aromatic N) is 3. The SMILES string of the molecule is CC1CCC(CN2CCC(Oc3cccc(-c4onc5ccc(C(=NN)NN)cc45)c3)CC2)CC1. The molecule has 5 N–H and O–H groups in total. The van der Waals surface area contributed by atoms with Crippen molar-refractivity contribution in [1.29, 1.82) is 0 Å². The molecule has 8 heteroatoms. The van der Waals surface area contributed by atoms with Crippen LogP contribution in [0.15, 0.2) is 52.1 Å². The number of rotatable bonds is 6. The average molecular weight is 477 g/mol. The normalized spacial score (nSPS) is 22.4. The number of likely N-dealkylation sites (tertiary alicyclic amines) is 1. The van der Waals surface area contributed by atoms with Crippen LogP contribution in [0.25, 0.3) is 22.2 Å². The predicted molar refractivity (Wildman–Crippen MR) is 139 cm³/mol. The Morgan fingerprint density at radius 2 is 1.91 bits per heavy atom. The summed E-state index contributed by atoms with van der Waals surface area (Å²) in [6, 6.07) is 13.7. The van der Waals surface area contributed by atoms with Crippen LogP contribution in [0.1, 0.15) is 51.0 Å². The molecule has 0 spiro atoms. The minimum Gasteiger partial charge on any atom is -0.490 e. The average Bonchev–Trinajstić information content (AvgIpc) is 3.31. The lowest BCUT2D eigenvalue weighted by Gasteiger charge is -2.36. The number of hydrogen-bond donors (Lipinski definition) is 3. The summed E-state index contributed by atoms with van der Waals surface area (Å²) in [7, 11) is 0. The summed E-state index contributed by atoms with van der Waals surface area (Å²) in [4.78, 5) is 2.64. The second kappa shape index (κ2) is 10.7. The number of nitrogens with one attached hydrogen (secondary N) is 1. The van der Waals surface area contributed by atoms with Crippen LogP contribution in [0, 0.1) is 11.8 Å². The van der Waals surface area contributed by atoms with Crippen molar-refractivity contribution < 1.29 is 9.26 Å². The number of hydrogen-bond acceptors (Lipinski definition) is 7. The highest BCUT2D eigenvalue weighted by molar-refractivity contribution is 6.03. The molecule has 1 aliphatic carbocycles. The molecule has 35 heavy (non-hydrogen) atoms. The summed E-state index contributed by atoms with van der Waals surface area (Å²) in [5, 5.41) is 8.77. The van der Waals surface area contributed by atoms with Crippen molar-refractivity contribution in [2.75, 3.05) is 19.6 Å². The van der Waals surface area contributed by atoms with Crippen LogP contribution in [0.4, 0.5) is 0 Å². The van der Waals surface area contributed by atoms with Gasteiger partial charge in [0.05, 0.1) is 5.39 Å². The number of ether oxygens (including phenoxy) is 1. The van der Waals surface area contributed by atoms with Gasteiger partial charge in [-0.25, -0.2) is 5.84 Å². The first-order chi connectivity index (χ1) is 17.1. The molecule has 1 saturated carbocycles. The highest BCUT2D eigenvalue weighted by Crippen LogP contribution is 2.33. The smallest absolute Gasteiger partial charge is 0.174 e. The van der Waals surface area contributed by atoms with E-state index in [1.54, 1.807) is 0 Å². The van der Waals surface area contributed by atoms with Gasteiger partial charge in [0.1, 0.15) is 17.4 Å². The van der Waals surface area contributed by atoms with E-state index in [0.717, 1.165) is 65.5 Å². The molecule has 1 saturated heterocycles. The van der Waals surface area contributed by atoms with Gasteiger partial charge in [0.2, 0.25) is 0 Å². The first kappa shape index (κ1) is 23.6. The summed E-state index contributed by atoms with van der Waals surface area (Å²) in [5.74, 6) is 14.7. The van der Waals surface area contributed by atoms with Crippen molar-refractivity contribution >= 4 is 16.7 Å². The van der Waals surface area contributed by atoms with E-state index < -0.39 is 0 Å². The Kier molecular flexibility index (Phi) is 7.20. The fourth-order valence-electron chi connectivity index (χ4n) is 5.48. The third-order valence-corrected chi connectivity index (χ3v) is 7.60. The molecule has 3 aromatic rings. The Labute approximate surface area is 206 Å². The number of aromatic nitrogens is 1. The Morgan fingerprint density at radius 3 is 2.66 bits per heavy atom. The minimum absolute atomic E-state index is 0.241. The lowest BCUT2D eigenvalue weighted by atomic mass is 9.82. The van der Waals surface area contributed by atoms with Crippen molar-refractivity contribution in [1.82, 2.24) is 15.5 Å². The van der Waals surface area contributed by atoms with Gasteiger partial charge in [-0.1, -0.05) is 37.1 Å². The third-order valence-electron chi connectivity index (χ3n) is 7.60. The molecule has 2 fully saturated rings. The minimum atomic E-state index is 0.241. The van der Waals surface area contributed by atoms with Gasteiger partial charge in [-0.3, -0.25) is 0 Å². The van der Waals surface area contributed by atoms with Gasteiger partial charge in [-0.15, -0.1) is 0 Å². The first-order valence-corrected chi connectivity index (χ1v) is 12.8. The third kappa shape index (κ3) is 5.44. The fraction of sp³-hybridized carbons (Fsp3) is 0.481. The van der Waals surface area contributed by atoms with Gasteiger partial charge in [-0.2, -0.15) is 5.10 Å². The van der Waals surface area contributed by atoms with E-state index in [-0.39, 0.29) is 6.10 Å². The number of fused-ring (bicyclic) bond motifs is 1. The van der Waals surface area contributed by atoms with Crippen LogP contribution < -0.4 is 21.8 Å². The molecule has 1 aromatic heterocycles. The maximum absolute atomic E-state index is 6.40. The topological polar surface area (TPSA) is 115 Å². The van der Waals surface area contributed by atoms with Crippen molar-refractivity contribution in [3.05, 3.63) is 48.0 Å². The highest BCUT2D eigenvalue weighted by atomic mass is 16.5. The van der Waals surface area contributed by atoms with Crippen molar-refractivity contribution in [2.45, 2.75) is 51.6 Å². The van der Waals surface area contributed by atoms with E-state index >= 15 is 0 Å². The number of amidine groups is 1. The first-order valence-electron chi connectivity index (χ1n) is 12.8. The van der Waals surface area contributed by atoms with Gasteiger partial charge < -0.3 is 25.4 Å². The van der Waals surface area contributed by atoms with Gasteiger partial charge in [0.15, 0.2) is 11.6 Å². The summed E-state index contributed by atoms with van der Waals surface area (Å²) in [5.41, 5.74) is 4.94. The molecular weight excluding hydrogens is 440 g/mol. The Hall–Kier alpha value is -3.10. The van der Waals surface area contributed by atoms with Gasteiger partial charge >= 0.3 is 0 Å². The number of hydrazine groups is 1. The Morgan fingerprint density at radius 1 is 1.11 bits per heavy atom. The number of hydrazone groups is 1. The van der Waals surface area contributed by atoms with Gasteiger partial charge in [-0.05, 0) is 67.9 Å². The summed E-state index contributed by atoms with van der Waals surface area (Å²) in [6.07, 6.45) is 7.95. The van der Waals surface area contributed by atoms with Crippen molar-refractivity contribution in [3.63, 3.8) is 0 Å². The number of piperidine rings is 1. The van der Waals surface area contributed by atoms with Crippen LogP contribution in [0.2, 0.25) is 0 Å². The van der Waals surface area contributed by atoms with E-state index in [4.69, 9.17) is 20.9 Å². The monoisotopic (exact) mass is 476 g/mol. The maximum atomic E-state index is 6.40. The molecule has 0 radical (unpaired) electrons. The zero-order valence-electron chi connectivity index (χ0n) is 20.5. The van der Waals surface area contributed by atoms with E-state index in [9.17, 15) is 0 Å². The zero-order valence-corrected chi connectivity index (χ0v) is 20.5. The van der Waals surface area contributed by atoms with Gasteiger partial charge in [0.25, 0.3) is 0 Å². The molecule has 1 aliphatic heterocycles. The molecule has 0 amide bonds. The van der Waals surface area contributed by atoms with Crippen LogP contribution >= 0.6 is 0 Å². The number of nitrogens with two attached hydrogens (primary N) is 2. The van der Waals surface area contributed by atoms with Crippen LogP contribution in [0.3, 0.4) is 0 Å². The zero-order chi connectivity index (χ0) is 24.2. The predicted octanol–water partition coefficient (Wildman–Crippen LogP) is 4.25. The van der Waals surface area contributed by atoms with E-state index in [1.807, 2.05) is 42.5 Å². The molecule has 0 unspecified atom stereocenters. The van der Waals surface area contributed by atoms with Crippen molar-refractivity contribution in [3.8, 4) is 17.1 Å². The molecule has 5 rings (SSSR count). The van der Waals surface area contributed by atoms with Gasteiger partial charge in [0, 0.05) is 30.8 Å². The van der Waals surface area contributed by atoms with Crippen LogP contribution in [-0.4, -0.2) is 41.6 Å². The molecule has 186 valence electrons. The maximum Gasteiger partial charge on any atom is 0.174 e. The van der Waals surface area contributed by atoms with E-state index in [2.05, 4.69) is 27.5 Å². The largest absolute Gasteiger partial charge is 0.490 e. The highest BCUT2D eigenvalue weighted by Gasteiger charge is 2.25. The second-order valence-electron chi connectivity index (χ2n) is 10.1. The van der Waals surface area contributed by atoms with E-state index in [1.165, 1.54) is 32.2 Å². The Balaban J connectivity index is 1.23.